The van der Waals surface area contributed by atoms with Gasteiger partial charge in [0, 0.05) is 45.0 Å². The molecule has 0 aliphatic carbocycles. The highest BCUT2D eigenvalue weighted by molar-refractivity contribution is 5.83. The normalized spacial score (nSPS) is 14.9. The van der Waals surface area contributed by atoms with E-state index in [1.54, 1.807) is 0 Å². The molecule has 2 aromatic heterocycles. The van der Waals surface area contributed by atoms with Crippen LogP contribution in [0.5, 0.6) is 0 Å². The molecule has 0 amide bonds. The molecule has 0 atom stereocenters. The Morgan fingerprint density at radius 2 is 1.84 bits per heavy atom. The highest BCUT2D eigenvalue weighted by atomic mass is 16.5. The van der Waals surface area contributed by atoms with Gasteiger partial charge >= 0.3 is 0 Å². The lowest BCUT2D eigenvalue weighted by molar-refractivity contribution is 0.0365. The van der Waals surface area contributed by atoms with Gasteiger partial charge in [0.2, 0.25) is 5.95 Å². The van der Waals surface area contributed by atoms with Crippen molar-refractivity contribution in [3.05, 3.63) is 36.2 Å². The van der Waals surface area contributed by atoms with E-state index < -0.39 is 0 Å². The van der Waals surface area contributed by atoms with Crippen molar-refractivity contribution in [2.24, 2.45) is 0 Å². The zero-order valence-corrected chi connectivity index (χ0v) is 18.2. The summed E-state index contributed by atoms with van der Waals surface area (Å²) in [4.78, 5) is 18.5. The molecule has 0 spiro atoms. The highest BCUT2D eigenvalue weighted by Gasteiger charge is 2.17. The van der Waals surface area contributed by atoms with Gasteiger partial charge in [-0.15, -0.1) is 0 Å². The number of nitrogens with two attached hydrogens (primary N) is 2. The number of fused-ring (bicyclic) bond motifs is 1. The number of aromatic nitrogens is 4. The number of hydrogen-bond donors (Lipinski definition) is 2. The molecule has 4 N–H and O–H groups in total. The number of ether oxygens (including phenoxy) is 1. The molecule has 9 nitrogen and oxygen atoms in total. The topological polar surface area (TPSA) is 111 Å². The molecule has 1 fully saturated rings. The number of benzene rings is 1. The van der Waals surface area contributed by atoms with Gasteiger partial charge in [-0.2, -0.15) is 9.97 Å². The Hall–Kier alpha value is -2.91. The Bertz CT molecular complexity index is 981. The van der Waals surface area contributed by atoms with Crippen LogP contribution in [0, 0.1) is 0 Å². The van der Waals surface area contributed by atoms with Crippen molar-refractivity contribution in [2.45, 2.75) is 32.9 Å². The standard InChI is InChI=1S/C22H32N8O/c1-2-3-8-29(15-17-4-6-18(23)7-5-17)22-26-20(24)19-21(27-22)30(16-25-19)10-9-28-11-13-31-14-12-28/h4-7,16H,2-3,8-15,23H2,1H3,(H2,24,26,27). The quantitative estimate of drug-likeness (QED) is 0.503. The molecule has 9 heteroatoms. The third kappa shape index (κ3) is 5.23. The predicted octanol–water partition coefficient (Wildman–Crippen LogP) is 2.13. The molecule has 1 aromatic carbocycles. The van der Waals surface area contributed by atoms with Gasteiger partial charge in [0.25, 0.3) is 0 Å². The fraction of sp³-hybridized carbons (Fsp3) is 0.500. The maximum absolute atomic E-state index is 6.29. The molecule has 3 aromatic rings. The lowest BCUT2D eigenvalue weighted by atomic mass is 10.2. The van der Waals surface area contributed by atoms with E-state index in [0.717, 1.165) is 75.7 Å². The van der Waals surface area contributed by atoms with E-state index in [1.165, 1.54) is 0 Å². The van der Waals surface area contributed by atoms with Crippen LogP contribution < -0.4 is 16.4 Å². The first kappa shape index (κ1) is 21.3. The van der Waals surface area contributed by atoms with Gasteiger partial charge in [0.05, 0.1) is 19.5 Å². The van der Waals surface area contributed by atoms with Crippen LogP contribution in [0.25, 0.3) is 11.2 Å². The number of imidazole rings is 1. The van der Waals surface area contributed by atoms with Crippen LogP contribution in [0.4, 0.5) is 17.5 Å². The Balaban J connectivity index is 1.58. The van der Waals surface area contributed by atoms with Crippen molar-refractivity contribution in [1.29, 1.82) is 0 Å². The smallest absolute Gasteiger partial charge is 0.229 e. The maximum Gasteiger partial charge on any atom is 0.229 e. The second kappa shape index (κ2) is 9.93. The minimum atomic E-state index is 0.420. The Morgan fingerprint density at radius 3 is 2.58 bits per heavy atom. The van der Waals surface area contributed by atoms with E-state index in [1.807, 2.05) is 30.6 Å². The molecule has 1 aliphatic heterocycles. The lowest BCUT2D eigenvalue weighted by Crippen LogP contribution is -2.38. The summed E-state index contributed by atoms with van der Waals surface area (Å²) in [6.45, 7) is 8.98. The zero-order valence-electron chi connectivity index (χ0n) is 18.2. The Morgan fingerprint density at radius 1 is 1.06 bits per heavy atom. The van der Waals surface area contributed by atoms with Gasteiger partial charge in [-0.1, -0.05) is 25.5 Å². The Labute approximate surface area is 183 Å². The maximum atomic E-state index is 6.29. The molecule has 3 heterocycles. The average molecular weight is 425 g/mol. The summed E-state index contributed by atoms with van der Waals surface area (Å²) >= 11 is 0. The van der Waals surface area contributed by atoms with Crippen LogP contribution in [-0.2, 0) is 17.8 Å². The van der Waals surface area contributed by atoms with Gasteiger partial charge in [-0.05, 0) is 24.1 Å². The summed E-state index contributed by atoms with van der Waals surface area (Å²) in [6, 6.07) is 7.93. The number of morpholine rings is 1. The molecule has 0 unspecified atom stereocenters. The second-order valence-electron chi connectivity index (χ2n) is 7.99. The molecule has 4 rings (SSSR count). The first-order chi connectivity index (χ1) is 15.1. The average Bonchev–Trinajstić information content (AvgIpc) is 3.21. The SMILES string of the molecule is CCCCN(Cc1ccc(N)cc1)c1nc(N)c2ncn(CCN3CCOCC3)c2n1. The van der Waals surface area contributed by atoms with Crippen LogP contribution in [0.3, 0.4) is 0 Å². The summed E-state index contributed by atoms with van der Waals surface area (Å²) in [6.07, 6.45) is 3.95. The number of anilines is 3. The van der Waals surface area contributed by atoms with Crippen LogP contribution >= 0.6 is 0 Å². The van der Waals surface area contributed by atoms with Gasteiger partial charge in [-0.3, -0.25) is 4.90 Å². The van der Waals surface area contributed by atoms with E-state index in [0.29, 0.717) is 23.8 Å². The number of nitrogens with zero attached hydrogens (tertiary/aromatic N) is 6. The summed E-state index contributed by atoms with van der Waals surface area (Å²) in [5, 5.41) is 0. The molecule has 1 saturated heterocycles. The van der Waals surface area contributed by atoms with Crippen LogP contribution in [0.15, 0.2) is 30.6 Å². The van der Waals surface area contributed by atoms with E-state index >= 15 is 0 Å². The first-order valence-electron chi connectivity index (χ1n) is 11.0. The van der Waals surface area contributed by atoms with E-state index in [4.69, 9.17) is 21.2 Å². The van der Waals surface area contributed by atoms with Gasteiger partial charge in [0.1, 0.15) is 5.52 Å². The van der Waals surface area contributed by atoms with Crippen molar-refractivity contribution in [3.8, 4) is 0 Å². The van der Waals surface area contributed by atoms with Crippen molar-refractivity contribution in [3.63, 3.8) is 0 Å². The van der Waals surface area contributed by atoms with Gasteiger partial charge < -0.3 is 25.7 Å². The molecule has 31 heavy (non-hydrogen) atoms. The van der Waals surface area contributed by atoms with Crippen LogP contribution in [0.2, 0.25) is 0 Å². The third-order valence-corrected chi connectivity index (χ3v) is 5.66. The minimum Gasteiger partial charge on any atom is -0.399 e. The van der Waals surface area contributed by atoms with Crippen LogP contribution in [-0.4, -0.2) is 63.8 Å². The van der Waals surface area contributed by atoms with Crippen molar-refractivity contribution >= 4 is 28.6 Å². The molecule has 0 bridgehead atoms. The number of hydrogen-bond acceptors (Lipinski definition) is 8. The van der Waals surface area contributed by atoms with Gasteiger partial charge in [-0.25, -0.2) is 4.98 Å². The first-order valence-corrected chi connectivity index (χ1v) is 11.0. The zero-order chi connectivity index (χ0) is 21.6. The minimum absolute atomic E-state index is 0.420. The Kier molecular flexibility index (Phi) is 6.83. The summed E-state index contributed by atoms with van der Waals surface area (Å²) in [5.41, 5.74) is 15.5. The second-order valence-corrected chi connectivity index (χ2v) is 7.99. The monoisotopic (exact) mass is 424 g/mol. The molecule has 166 valence electrons. The van der Waals surface area contributed by atoms with Gasteiger partial charge in [0.15, 0.2) is 11.5 Å². The van der Waals surface area contributed by atoms with Crippen molar-refractivity contribution in [1.82, 2.24) is 24.4 Å². The summed E-state index contributed by atoms with van der Waals surface area (Å²) < 4.78 is 7.52. The number of rotatable bonds is 9. The fourth-order valence-electron chi connectivity index (χ4n) is 3.78. The highest BCUT2D eigenvalue weighted by Crippen LogP contribution is 2.22. The van der Waals surface area contributed by atoms with E-state index in [9.17, 15) is 0 Å². The van der Waals surface area contributed by atoms with Crippen molar-refractivity contribution in [2.75, 3.05) is 55.8 Å². The molecule has 1 aliphatic rings. The molecular formula is C22H32N8O. The van der Waals surface area contributed by atoms with Crippen molar-refractivity contribution < 1.29 is 4.74 Å². The third-order valence-electron chi connectivity index (χ3n) is 5.66. The predicted molar refractivity (Wildman–Crippen MR) is 124 cm³/mol. The van der Waals surface area contributed by atoms with E-state index in [-0.39, 0.29) is 0 Å². The summed E-state index contributed by atoms with van der Waals surface area (Å²) in [5.74, 6) is 1.06. The fourth-order valence-corrected chi connectivity index (χ4v) is 3.78. The lowest BCUT2D eigenvalue weighted by Gasteiger charge is -2.26. The molecule has 0 saturated carbocycles. The number of nitrogen functional groups attached to an aromatic ring is 2. The van der Waals surface area contributed by atoms with Crippen LogP contribution in [0.1, 0.15) is 25.3 Å². The summed E-state index contributed by atoms with van der Waals surface area (Å²) in [7, 11) is 0. The molecule has 0 radical (unpaired) electrons. The molecular weight excluding hydrogens is 392 g/mol. The largest absolute Gasteiger partial charge is 0.399 e. The van der Waals surface area contributed by atoms with E-state index in [2.05, 4.69) is 31.3 Å². The number of unbranched alkanes of at least 4 members (excludes halogenated alkanes) is 1.